The van der Waals surface area contributed by atoms with Crippen LogP contribution in [0.25, 0.3) is 0 Å². The van der Waals surface area contributed by atoms with Crippen LogP contribution < -0.4 is 5.14 Å². The van der Waals surface area contributed by atoms with Gasteiger partial charge in [0.15, 0.2) is 0 Å². The van der Waals surface area contributed by atoms with Gasteiger partial charge in [-0.25, -0.2) is 0 Å². The summed E-state index contributed by atoms with van der Waals surface area (Å²) in [6.45, 7) is 2.19. The summed E-state index contributed by atoms with van der Waals surface area (Å²) >= 11 is 0.975. The third-order valence-corrected chi connectivity index (χ3v) is 0.909. The van der Waals surface area contributed by atoms with Gasteiger partial charge in [0, 0.05) is 0 Å². The zero-order chi connectivity index (χ0) is 6.41. The molecule has 0 bridgehead atoms. The predicted octanol–water partition coefficient (Wildman–Crippen LogP) is 0.156. The van der Waals surface area contributed by atoms with Crippen molar-refractivity contribution in [3.05, 3.63) is 0 Å². The maximum absolute atomic E-state index is 10.3. The molecule has 0 unspecified atom stereocenters. The van der Waals surface area contributed by atoms with E-state index in [0.717, 1.165) is 11.9 Å². The molecule has 48 valence electrons. The standard InChI is InChI=1S/C4H9NO2S/c1-2-7-4(6)3-8-5/h2-3,5H2,1H3. The first-order chi connectivity index (χ1) is 3.81. The molecule has 0 aliphatic heterocycles. The van der Waals surface area contributed by atoms with Gasteiger partial charge in [0.2, 0.25) is 0 Å². The van der Waals surface area contributed by atoms with E-state index in [1.165, 1.54) is 0 Å². The van der Waals surface area contributed by atoms with E-state index in [4.69, 9.17) is 5.14 Å². The molecule has 0 aromatic heterocycles. The van der Waals surface area contributed by atoms with Gasteiger partial charge in [-0.15, -0.1) is 0 Å². The van der Waals surface area contributed by atoms with E-state index < -0.39 is 0 Å². The lowest BCUT2D eigenvalue weighted by Crippen LogP contribution is -2.07. The molecule has 0 atom stereocenters. The van der Waals surface area contributed by atoms with Crippen molar-refractivity contribution in [3.63, 3.8) is 0 Å². The third kappa shape index (κ3) is 3.95. The van der Waals surface area contributed by atoms with Gasteiger partial charge in [-0.1, -0.05) is 11.9 Å². The highest BCUT2D eigenvalue weighted by Gasteiger charge is 1.96. The Morgan fingerprint density at radius 2 is 2.50 bits per heavy atom. The largest absolute Gasteiger partial charge is 0.465 e. The summed E-state index contributed by atoms with van der Waals surface area (Å²) < 4.78 is 4.54. The zero-order valence-electron chi connectivity index (χ0n) is 4.72. The van der Waals surface area contributed by atoms with Gasteiger partial charge >= 0.3 is 5.97 Å². The summed E-state index contributed by atoms with van der Waals surface area (Å²) in [5.74, 6) is -0.00611. The van der Waals surface area contributed by atoms with Crippen molar-refractivity contribution in [2.45, 2.75) is 6.92 Å². The lowest BCUT2D eigenvalue weighted by atomic mass is 10.8. The van der Waals surface area contributed by atoms with Crippen LogP contribution in [0.15, 0.2) is 0 Å². The Labute approximate surface area is 52.7 Å². The first-order valence-corrected chi connectivity index (χ1v) is 3.33. The van der Waals surface area contributed by atoms with E-state index in [-0.39, 0.29) is 11.7 Å². The van der Waals surface area contributed by atoms with Crippen LogP contribution >= 0.6 is 11.9 Å². The summed E-state index contributed by atoms with van der Waals surface area (Å²) in [4.78, 5) is 10.3. The third-order valence-electron chi connectivity index (χ3n) is 0.507. The summed E-state index contributed by atoms with van der Waals surface area (Å²) in [5, 5.41) is 4.98. The fraction of sp³-hybridized carbons (Fsp3) is 0.750. The molecule has 0 spiro atoms. The molecule has 3 nitrogen and oxygen atoms in total. The van der Waals surface area contributed by atoms with Crippen LogP contribution in [0.2, 0.25) is 0 Å². The van der Waals surface area contributed by atoms with Gasteiger partial charge < -0.3 is 4.74 Å². The van der Waals surface area contributed by atoms with Crippen molar-refractivity contribution in [1.82, 2.24) is 0 Å². The number of nitrogens with two attached hydrogens (primary N) is 1. The zero-order valence-corrected chi connectivity index (χ0v) is 5.53. The molecule has 0 saturated heterocycles. The molecule has 8 heavy (non-hydrogen) atoms. The molecule has 0 amide bonds. The molecule has 4 heteroatoms. The van der Waals surface area contributed by atoms with E-state index in [9.17, 15) is 4.79 Å². The summed E-state index contributed by atoms with van der Waals surface area (Å²) in [6, 6.07) is 0. The van der Waals surface area contributed by atoms with E-state index in [1.54, 1.807) is 6.92 Å². The van der Waals surface area contributed by atoms with Crippen LogP contribution in [-0.4, -0.2) is 18.3 Å². The first-order valence-electron chi connectivity index (χ1n) is 2.28. The summed E-state index contributed by atoms with van der Waals surface area (Å²) in [5.41, 5.74) is 0. The highest BCUT2D eigenvalue weighted by molar-refractivity contribution is 7.97. The summed E-state index contributed by atoms with van der Waals surface area (Å²) in [6.07, 6.45) is 0. The Balaban J connectivity index is 3.06. The van der Waals surface area contributed by atoms with Crippen molar-refractivity contribution in [3.8, 4) is 0 Å². The molecule has 0 radical (unpaired) electrons. The SMILES string of the molecule is CCOC(=O)CSN. The normalized spacial score (nSPS) is 8.75. The predicted molar refractivity (Wildman–Crippen MR) is 33.3 cm³/mol. The Hall–Kier alpha value is -0.220. The van der Waals surface area contributed by atoms with Gasteiger partial charge in [0.25, 0.3) is 0 Å². The van der Waals surface area contributed by atoms with Gasteiger partial charge in [-0.2, -0.15) is 0 Å². The van der Waals surface area contributed by atoms with Crippen LogP contribution in [0.5, 0.6) is 0 Å². The summed E-state index contributed by atoms with van der Waals surface area (Å²) in [7, 11) is 0. The molecular weight excluding hydrogens is 126 g/mol. The minimum Gasteiger partial charge on any atom is -0.465 e. The fourth-order valence-corrected chi connectivity index (χ4v) is 0.490. The van der Waals surface area contributed by atoms with Gasteiger partial charge in [0.05, 0.1) is 6.61 Å². The number of carbonyl (C=O) groups is 1. The average Bonchev–Trinajstić information content (AvgIpc) is 1.68. The van der Waals surface area contributed by atoms with E-state index in [0.29, 0.717) is 6.61 Å². The Bertz CT molecular complexity index is 68.4. The average molecular weight is 135 g/mol. The number of hydrogen-bond acceptors (Lipinski definition) is 4. The minimum atomic E-state index is -0.250. The second-order valence-corrected chi connectivity index (χ2v) is 1.74. The van der Waals surface area contributed by atoms with Crippen LogP contribution in [0.3, 0.4) is 0 Å². The number of carbonyl (C=O) groups excluding carboxylic acids is 1. The first kappa shape index (κ1) is 7.78. The lowest BCUT2D eigenvalue weighted by molar-refractivity contribution is -0.139. The van der Waals surface area contributed by atoms with E-state index in [1.807, 2.05) is 0 Å². The Morgan fingerprint density at radius 1 is 1.88 bits per heavy atom. The van der Waals surface area contributed by atoms with Gasteiger partial charge in [-0.05, 0) is 6.92 Å². The smallest absolute Gasteiger partial charge is 0.317 e. The van der Waals surface area contributed by atoms with Crippen LogP contribution in [0.4, 0.5) is 0 Å². The lowest BCUT2D eigenvalue weighted by Gasteiger charge is -1.95. The number of hydrogen-bond donors (Lipinski definition) is 1. The number of ether oxygens (including phenoxy) is 1. The number of esters is 1. The molecule has 0 rings (SSSR count). The van der Waals surface area contributed by atoms with Crippen molar-refractivity contribution in [2.24, 2.45) is 5.14 Å². The molecule has 0 saturated carbocycles. The maximum atomic E-state index is 10.3. The van der Waals surface area contributed by atoms with Crippen molar-refractivity contribution < 1.29 is 9.53 Å². The molecule has 0 aromatic carbocycles. The topological polar surface area (TPSA) is 52.3 Å². The maximum Gasteiger partial charge on any atom is 0.317 e. The molecule has 0 aliphatic rings. The molecule has 0 heterocycles. The second kappa shape index (κ2) is 4.93. The quantitative estimate of drug-likeness (QED) is 0.442. The molecule has 0 aromatic rings. The molecule has 2 N–H and O–H groups in total. The van der Waals surface area contributed by atoms with E-state index >= 15 is 0 Å². The van der Waals surface area contributed by atoms with Crippen molar-refractivity contribution in [2.75, 3.05) is 12.4 Å². The minimum absolute atomic E-state index is 0.244. The molecule has 0 fully saturated rings. The highest BCUT2D eigenvalue weighted by atomic mass is 32.2. The van der Waals surface area contributed by atoms with Gasteiger partial charge in [0.1, 0.15) is 5.75 Å². The van der Waals surface area contributed by atoms with Crippen LogP contribution in [0, 0.1) is 0 Å². The van der Waals surface area contributed by atoms with Gasteiger partial charge in [-0.3, -0.25) is 9.93 Å². The fourth-order valence-electron chi connectivity index (χ4n) is 0.271. The van der Waals surface area contributed by atoms with Crippen LogP contribution in [0.1, 0.15) is 6.92 Å². The Morgan fingerprint density at radius 3 is 2.88 bits per heavy atom. The monoisotopic (exact) mass is 135 g/mol. The Kier molecular flexibility index (Phi) is 4.79. The highest BCUT2D eigenvalue weighted by Crippen LogP contribution is 1.87. The second-order valence-electron chi connectivity index (χ2n) is 1.12. The molecule has 0 aliphatic carbocycles. The molecular formula is C4H9NO2S. The van der Waals surface area contributed by atoms with Crippen LogP contribution in [-0.2, 0) is 9.53 Å². The van der Waals surface area contributed by atoms with Crippen molar-refractivity contribution >= 4 is 17.9 Å². The number of rotatable bonds is 3. The van der Waals surface area contributed by atoms with E-state index in [2.05, 4.69) is 4.74 Å². The van der Waals surface area contributed by atoms with Crippen molar-refractivity contribution in [1.29, 1.82) is 0 Å².